The monoisotopic (exact) mass is 263 g/mol. The highest BCUT2D eigenvalue weighted by Gasteiger charge is 2.54. The zero-order chi connectivity index (χ0) is 14.7. The number of aliphatic hydroxyl groups excluding tert-OH is 1. The van der Waals surface area contributed by atoms with Crippen LogP contribution in [0.2, 0.25) is 0 Å². The molecule has 0 amide bonds. The van der Waals surface area contributed by atoms with Crippen molar-refractivity contribution in [3.05, 3.63) is 23.8 Å². The van der Waals surface area contributed by atoms with Crippen LogP contribution in [0.25, 0.3) is 0 Å². The maximum atomic E-state index is 11.6. The number of nitriles is 1. The Balaban J connectivity index is 3.14. The minimum atomic E-state index is -1.33. The van der Waals surface area contributed by atoms with Crippen molar-refractivity contribution in [2.45, 2.75) is 39.2 Å². The van der Waals surface area contributed by atoms with Gasteiger partial charge in [0.2, 0.25) is 0 Å². The third-order valence-electron chi connectivity index (χ3n) is 3.98. The van der Waals surface area contributed by atoms with Gasteiger partial charge in [-0.15, -0.1) is 0 Å². The van der Waals surface area contributed by atoms with Crippen LogP contribution in [0.3, 0.4) is 0 Å². The fraction of sp³-hybridized carbons (Fsp3) is 0.600. The van der Waals surface area contributed by atoms with Gasteiger partial charge < -0.3 is 10.2 Å². The summed E-state index contributed by atoms with van der Waals surface area (Å²) in [6.45, 7) is 5.13. The van der Waals surface area contributed by atoms with Crippen LogP contribution >= 0.6 is 0 Å². The third kappa shape index (κ3) is 2.94. The number of carbonyl (C=O) groups is 1. The van der Waals surface area contributed by atoms with E-state index in [-0.39, 0.29) is 31.1 Å². The summed E-state index contributed by atoms with van der Waals surface area (Å²) < 4.78 is 0. The predicted octanol–water partition coefficient (Wildman–Crippen LogP) is 1.74. The number of carbonyl (C=O) groups excluding carboxylic acids is 1. The number of Topliss-reactive ketones (excluding diaryl/α,β-unsaturated/α-hetero) is 1. The summed E-state index contributed by atoms with van der Waals surface area (Å²) in [7, 11) is 0. The van der Waals surface area contributed by atoms with Crippen LogP contribution in [-0.4, -0.2) is 28.2 Å². The zero-order valence-corrected chi connectivity index (χ0v) is 11.7. The molecule has 1 aliphatic rings. The van der Waals surface area contributed by atoms with Crippen LogP contribution in [0.1, 0.15) is 33.6 Å². The number of allylic oxidation sites excluding steroid dienone is 2. The number of ketones is 1. The van der Waals surface area contributed by atoms with Crippen molar-refractivity contribution in [1.82, 2.24) is 0 Å². The number of rotatable bonds is 3. The van der Waals surface area contributed by atoms with E-state index in [1.807, 2.05) is 0 Å². The van der Waals surface area contributed by atoms with Gasteiger partial charge in [-0.2, -0.15) is 5.26 Å². The Morgan fingerprint density at radius 3 is 2.79 bits per heavy atom. The summed E-state index contributed by atoms with van der Waals surface area (Å²) in [6.07, 6.45) is 5.24. The second kappa shape index (κ2) is 5.68. The van der Waals surface area contributed by atoms with Crippen LogP contribution in [0.15, 0.2) is 23.8 Å². The van der Waals surface area contributed by atoms with E-state index in [4.69, 9.17) is 5.11 Å². The Morgan fingerprint density at radius 2 is 2.26 bits per heavy atom. The molecule has 2 N–H and O–H groups in total. The van der Waals surface area contributed by atoms with E-state index in [0.29, 0.717) is 0 Å². The first-order valence-electron chi connectivity index (χ1n) is 6.41. The zero-order valence-electron chi connectivity index (χ0n) is 11.7. The lowest BCUT2D eigenvalue weighted by atomic mass is 9.60. The van der Waals surface area contributed by atoms with Crippen LogP contribution in [-0.2, 0) is 4.79 Å². The average molecular weight is 263 g/mol. The van der Waals surface area contributed by atoms with Crippen molar-refractivity contribution in [3.8, 4) is 6.07 Å². The van der Waals surface area contributed by atoms with Gasteiger partial charge in [0, 0.05) is 12.8 Å². The molecule has 0 aliphatic heterocycles. The Bertz CT molecular complexity index is 461. The fourth-order valence-electron chi connectivity index (χ4n) is 2.60. The number of aliphatic hydroxyl groups is 2. The first-order valence-corrected chi connectivity index (χ1v) is 6.41. The van der Waals surface area contributed by atoms with Gasteiger partial charge in [0.25, 0.3) is 0 Å². The Labute approximate surface area is 114 Å². The van der Waals surface area contributed by atoms with Gasteiger partial charge in [-0.3, -0.25) is 4.79 Å². The molecule has 0 radical (unpaired) electrons. The van der Waals surface area contributed by atoms with Crippen molar-refractivity contribution >= 4 is 5.78 Å². The van der Waals surface area contributed by atoms with Gasteiger partial charge in [-0.05, 0) is 19.8 Å². The smallest absolute Gasteiger partial charge is 0.135 e. The summed E-state index contributed by atoms with van der Waals surface area (Å²) in [5, 5.41) is 29.0. The van der Waals surface area contributed by atoms with Gasteiger partial charge in [0.15, 0.2) is 0 Å². The third-order valence-corrected chi connectivity index (χ3v) is 3.98. The summed E-state index contributed by atoms with van der Waals surface area (Å²) in [4.78, 5) is 11.6. The van der Waals surface area contributed by atoms with E-state index >= 15 is 0 Å². The Hall–Kier alpha value is -1.44. The maximum absolute atomic E-state index is 11.6. The van der Waals surface area contributed by atoms with Gasteiger partial charge in [0.05, 0.1) is 18.1 Å². The molecule has 0 aromatic carbocycles. The molecule has 1 aliphatic carbocycles. The minimum Gasteiger partial charge on any atom is -0.392 e. The molecule has 1 rings (SSSR count). The van der Waals surface area contributed by atoms with E-state index in [9.17, 15) is 15.2 Å². The maximum Gasteiger partial charge on any atom is 0.135 e. The quantitative estimate of drug-likeness (QED) is 0.760. The molecule has 0 aromatic rings. The molecule has 3 atom stereocenters. The lowest BCUT2D eigenvalue weighted by molar-refractivity contribution is -0.137. The molecule has 0 spiro atoms. The summed E-state index contributed by atoms with van der Waals surface area (Å²) in [5.41, 5.74) is -1.64. The fourth-order valence-corrected chi connectivity index (χ4v) is 2.60. The Morgan fingerprint density at radius 1 is 1.63 bits per heavy atom. The first kappa shape index (κ1) is 15.6. The highest BCUT2D eigenvalue weighted by atomic mass is 16.3. The van der Waals surface area contributed by atoms with Crippen LogP contribution in [0, 0.1) is 22.7 Å². The van der Waals surface area contributed by atoms with E-state index in [2.05, 4.69) is 6.07 Å². The van der Waals surface area contributed by atoms with E-state index in [1.54, 1.807) is 39.0 Å². The molecule has 0 saturated heterocycles. The number of nitrogens with zero attached hydrogens (tertiary/aromatic N) is 1. The topological polar surface area (TPSA) is 81.3 Å². The number of hydrogen-bond acceptors (Lipinski definition) is 4. The second-order valence-electron chi connectivity index (χ2n) is 5.55. The van der Waals surface area contributed by atoms with Crippen molar-refractivity contribution in [2.24, 2.45) is 11.3 Å². The van der Waals surface area contributed by atoms with Crippen LogP contribution in [0.4, 0.5) is 0 Å². The summed E-state index contributed by atoms with van der Waals surface area (Å²) in [5.74, 6) is -0.297. The van der Waals surface area contributed by atoms with Crippen molar-refractivity contribution < 1.29 is 15.0 Å². The van der Waals surface area contributed by atoms with E-state index in [1.165, 1.54) is 0 Å². The normalized spacial score (nSPS) is 36.5. The van der Waals surface area contributed by atoms with Crippen LogP contribution < -0.4 is 0 Å². The molecule has 4 heteroatoms. The standard InChI is InChI=1S/C15H21NO3/c1-11(5-7-17)4-6-15(19)12(2)8-13(18)9-14(15,3)10-16/h4-6,12,17,19H,7-9H2,1-3H3/b6-4+,11-5-/t12-,14?,15+/m0/s1. The molecule has 1 saturated carbocycles. The van der Waals surface area contributed by atoms with Gasteiger partial charge in [0.1, 0.15) is 11.4 Å². The average Bonchev–Trinajstić information content (AvgIpc) is 2.34. The summed E-state index contributed by atoms with van der Waals surface area (Å²) >= 11 is 0. The van der Waals surface area contributed by atoms with Crippen LogP contribution in [0.5, 0.6) is 0 Å². The van der Waals surface area contributed by atoms with E-state index < -0.39 is 11.0 Å². The molecule has 1 fully saturated rings. The number of hydrogen-bond donors (Lipinski definition) is 2. The molecule has 0 bridgehead atoms. The molecule has 104 valence electrons. The molecule has 19 heavy (non-hydrogen) atoms. The highest BCUT2D eigenvalue weighted by molar-refractivity contribution is 5.81. The van der Waals surface area contributed by atoms with Crippen molar-refractivity contribution in [3.63, 3.8) is 0 Å². The molecular weight excluding hydrogens is 242 g/mol. The first-order chi connectivity index (χ1) is 8.79. The molecule has 0 aromatic heterocycles. The summed E-state index contributed by atoms with van der Waals surface area (Å²) in [6, 6.07) is 2.10. The van der Waals surface area contributed by atoms with Gasteiger partial charge in [-0.25, -0.2) is 0 Å². The Kier molecular flexibility index (Phi) is 4.67. The van der Waals surface area contributed by atoms with Crippen molar-refractivity contribution in [2.75, 3.05) is 6.61 Å². The predicted molar refractivity (Wildman–Crippen MR) is 72.1 cm³/mol. The van der Waals surface area contributed by atoms with Gasteiger partial charge >= 0.3 is 0 Å². The minimum absolute atomic E-state index is 0.0113. The lowest BCUT2D eigenvalue weighted by Gasteiger charge is -2.45. The highest BCUT2D eigenvalue weighted by Crippen LogP contribution is 2.46. The molecular formula is C15H21NO3. The van der Waals surface area contributed by atoms with E-state index in [0.717, 1.165) is 5.57 Å². The van der Waals surface area contributed by atoms with Gasteiger partial charge in [-0.1, -0.05) is 30.7 Å². The largest absolute Gasteiger partial charge is 0.392 e. The second-order valence-corrected chi connectivity index (χ2v) is 5.55. The molecule has 1 unspecified atom stereocenters. The molecule has 0 heterocycles. The SMILES string of the molecule is CC(=C/CO)/C=C/[C@@]1(O)[C@@H](C)CC(=O)CC1(C)C#N. The lowest BCUT2D eigenvalue weighted by Crippen LogP contribution is -2.54. The van der Waals surface area contributed by atoms with Crippen molar-refractivity contribution in [1.29, 1.82) is 5.26 Å². The molecule has 4 nitrogen and oxygen atoms in total.